The Hall–Kier alpha value is -3.64. The van der Waals surface area contributed by atoms with Gasteiger partial charge in [-0.1, -0.05) is 11.2 Å². The fourth-order valence-electron chi connectivity index (χ4n) is 4.36. The van der Waals surface area contributed by atoms with E-state index < -0.39 is 6.09 Å². The number of hydrogen-bond acceptors (Lipinski definition) is 7. The van der Waals surface area contributed by atoms with Crippen molar-refractivity contribution >= 4 is 17.1 Å². The molecular formula is C25H29N5O4. The molecular weight excluding hydrogens is 434 g/mol. The van der Waals surface area contributed by atoms with Gasteiger partial charge in [-0.15, -0.1) is 0 Å². The number of nitriles is 1. The summed E-state index contributed by atoms with van der Waals surface area (Å²) in [6.07, 6.45) is 4.34. The molecule has 1 aliphatic rings. The molecule has 0 radical (unpaired) electrons. The number of likely N-dealkylation sites (tertiary alicyclic amines) is 1. The molecule has 1 N–H and O–H groups in total. The monoisotopic (exact) mass is 463 g/mol. The summed E-state index contributed by atoms with van der Waals surface area (Å²) in [5.74, 6) is 1.22. The molecule has 3 aromatic rings. The van der Waals surface area contributed by atoms with E-state index in [1.54, 1.807) is 12.3 Å². The number of hydrogen-bond donors (Lipinski definition) is 1. The molecule has 3 heterocycles. The molecule has 0 saturated carbocycles. The molecule has 1 fully saturated rings. The van der Waals surface area contributed by atoms with Crippen LogP contribution >= 0.6 is 0 Å². The number of pyridine rings is 1. The van der Waals surface area contributed by atoms with E-state index in [0.29, 0.717) is 37.9 Å². The van der Waals surface area contributed by atoms with E-state index in [-0.39, 0.29) is 0 Å². The summed E-state index contributed by atoms with van der Waals surface area (Å²) in [6, 6.07) is 9.49. The minimum absolute atomic E-state index is 0.334. The Bertz CT molecular complexity index is 1170. The average Bonchev–Trinajstić information content (AvgIpc) is 3.26. The summed E-state index contributed by atoms with van der Waals surface area (Å²) in [4.78, 5) is 18.8. The lowest BCUT2D eigenvalue weighted by molar-refractivity contribution is 0.123. The second-order valence-electron chi connectivity index (χ2n) is 8.99. The zero-order chi connectivity index (χ0) is 24.1. The van der Waals surface area contributed by atoms with Gasteiger partial charge < -0.3 is 24.2 Å². The van der Waals surface area contributed by atoms with Crippen LogP contribution in [0, 0.1) is 17.2 Å². The first-order valence-corrected chi connectivity index (χ1v) is 11.4. The molecule has 0 atom stereocenters. The van der Waals surface area contributed by atoms with E-state index in [9.17, 15) is 4.79 Å². The molecule has 9 heteroatoms. The Labute approximate surface area is 198 Å². The number of aromatic nitrogens is 2. The average molecular weight is 464 g/mol. The third-order valence-electron chi connectivity index (χ3n) is 6.26. The molecule has 1 aromatic carbocycles. The quantitative estimate of drug-likeness (QED) is 0.532. The molecule has 34 heavy (non-hydrogen) atoms. The van der Waals surface area contributed by atoms with E-state index in [1.807, 2.05) is 38.4 Å². The van der Waals surface area contributed by atoms with E-state index in [4.69, 9.17) is 19.6 Å². The van der Waals surface area contributed by atoms with Crippen LogP contribution in [0.2, 0.25) is 0 Å². The number of aryl methyl sites for hydroxylation is 1. The predicted molar refractivity (Wildman–Crippen MR) is 125 cm³/mol. The van der Waals surface area contributed by atoms with E-state index in [0.717, 1.165) is 59.2 Å². The minimum atomic E-state index is -0.831. The van der Waals surface area contributed by atoms with Gasteiger partial charge in [0.1, 0.15) is 24.1 Å². The van der Waals surface area contributed by atoms with E-state index >= 15 is 0 Å². The van der Waals surface area contributed by atoms with Crippen LogP contribution in [0.3, 0.4) is 0 Å². The minimum Gasteiger partial charge on any atom is -0.488 e. The lowest BCUT2D eigenvalue weighted by Crippen LogP contribution is -2.37. The van der Waals surface area contributed by atoms with Crippen molar-refractivity contribution < 1.29 is 19.2 Å². The summed E-state index contributed by atoms with van der Waals surface area (Å²) in [7, 11) is 3.99. The third kappa shape index (κ3) is 5.46. The van der Waals surface area contributed by atoms with Crippen LogP contribution in [0.15, 0.2) is 35.0 Å². The van der Waals surface area contributed by atoms with Gasteiger partial charge in [-0.25, -0.2) is 9.78 Å². The van der Waals surface area contributed by atoms with Gasteiger partial charge in [0.2, 0.25) is 0 Å². The first kappa shape index (κ1) is 23.5. The Kier molecular flexibility index (Phi) is 7.28. The molecule has 1 aliphatic heterocycles. The van der Waals surface area contributed by atoms with Crippen LogP contribution in [0.25, 0.3) is 11.0 Å². The van der Waals surface area contributed by atoms with Gasteiger partial charge in [0.15, 0.2) is 5.58 Å². The molecule has 0 spiro atoms. The van der Waals surface area contributed by atoms with E-state index in [1.165, 1.54) is 4.90 Å². The van der Waals surface area contributed by atoms with Crippen LogP contribution in [0.4, 0.5) is 4.79 Å². The molecule has 178 valence electrons. The number of fused-ring (bicyclic) bond motifs is 1. The maximum Gasteiger partial charge on any atom is 0.407 e. The number of piperidine rings is 1. The van der Waals surface area contributed by atoms with Crippen molar-refractivity contribution in [2.75, 3.05) is 27.2 Å². The highest BCUT2D eigenvalue weighted by molar-refractivity contribution is 5.84. The van der Waals surface area contributed by atoms with Crippen molar-refractivity contribution in [1.29, 1.82) is 5.26 Å². The predicted octanol–water partition coefficient (Wildman–Crippen LogP) is 4.06. The number of carboxylic acid groups (broad SMARTS) is 1. The summed E-state index contributed by atoms with van der Waals surface area (Å²) < 4.78 is 11.9. The second kappa shape index (κ2) is 10.5. The number of ether oxygens (including phenoxy) is 1. The van der Waals surface area contributed by atoms with Crippen LogP contribution < -0.4 is 4.74 Å². The normalized spacial score (nSPS) is 14.5. The largest absolute Gasteiger partial charge is 0.488 e. The molecule has 2 aromatic heterocycles. The van der Waals surface area contributed by atoms with Crippen molar-refractivity contribution in [2.45, 2.75) is 38.8 Å². The first-order valence-electron chi connectivity index (χ1n) is 11.4. The van der Waals surface area contributed by atoms with Crippen LogP contribution in [0.5, 0.6) is 5.75 Å². The van der Waals surface area contributed by atoms with Crippen LogP contribution in [0.1, 0.15) is 41.8 Å². The SMILES string of the molecule is CN(C)Cc1c(OCc2ccc(C#N)nc2)ccc2c(CCC3CCN(C(=O)O)CC3)noc12. The Morgan fingerprint density at radius 2 is 2.09 bits per heavy atom. The van der Waals surface area contributed by atoms with Crippen molar-refractivity contribution in [3.63, 3.8) is 0 Å². The van der Waals surface area contributed by atoms with Gasteiger partial charge in [-0.05, 0) is 63.9 Å². The van der Waals surface area contributed by atoms with Crippen molar-refractivity contribution in [1.82, 2.24) is 19.9 Å². The zero-order valence-electron chi connectivity index (χ0n) is 19.5. The fraction of sp³-hybridized carbons (Fsp3) is 0.440. The van der Waals surface area contributed by atoms with Gasteiger partial charge >= 0.3 is 6.09 Å². The Balaban J connectivity index is 1.47. The molecule has 9 nitrogen and oxygen atoms in total. The van der Waals surface area contributed by atoms with Crippen LogP contribution in [-0.2, 0) is 19.6 Å². The van der Waals surface area contributed by atoms with Crippen LogP contribution in [-0.4, -0.2) is 58.3 Å². The molecule has 1 saturated heterocycles. The molecule has 1 amide bonds. The second-order valence-corrected chi connectivity index (χ2v) is 8.99. The number of carbonyl (C=O) groups is 1. The summed E-state index contributed by atoms with van der Waals surface area (Å²) >= 11 is 0. The van der Waals surface area contributed by atoms with Crippen molar-refractivity contribution in [3.8, 4) is 11.8 Å². The summed E-state index contributed by atoms with van der Waals surface area (Å²) in [6.45, 7) is 2.17. The molecule has 0 bridgehead atoms. The highest BCUT2D eigenvalue weighted by atomic mass is 16.5. The van der Waals surface area contributed by atoms with Gasteiger partial charge in [-0.3, -0.25) is 0 Å². The maximum atomic E-state index is 11.1. The summed E-state index contributed by atoms with van der Waals surface area (Å²) in [5.41, 5.74) is 3.86. The number of benzene rings is 1. The standard InChI is InChI=1S/C25H29N5O4/c1-29(2)15-21-23(33-16-18-3-5-19(13-26)27-14-18)8-6-20-22(28-34-24(20)21)7-4-17-9-11-30(12-10-17)25(31)32/h3,5-6,8,14,17H,4,7,9-12,15-16H2,1-2H3,(H,31,32). The number of amides is 1. The highest BCUT2D eigenvalue weighted by Gasteiger charge is 2.23. The third-order valence-corrected chi connectivity index (χ3v) is 6.26. The Morgan fingerprint density at radius 3 is 2.74 bits per heavy atom. The van der Waals surface area contributed by atoms with E-state index in [2.05, 4.69) is 15.0 Å². The van der Waals surface area contributed by atoms with Gasteiger partial charge in [0.05, 0.1) is 11.3 Å². The van der Waals surface area contributed by atoms with Gasteiger partial charge in [-0.2, -0.15) is 5.26 Å². The Morgan fingerprint density at radius 1 is 1.29 bits per heavy atom. The maximum absolute atomic E-state index is 11.1. The fourth-order valence-corrected chi connectivity index (χ4v) is 4.36. The van der Waals surface area contributed by atoms with Crippen molar-refractivity contribution in [3.05, 3.63) is 53.0 Å². The number of rotatable bonds is 8. The zero-order valence-corrected chi connectivity index (χ0v) is 19.5. The first-order chi connectivity index (χ1) is 16.4. The lowest BCUT2D eigenvalue weighted by atomic mass is 9.91. The molecule has 0 unspecified atom stereocenters. The molecule has 4 rings (SSSR count). The van der Waals surface area contributed by atoms with Gasteiger partial charge in [0, 0.05) is 36.8 Å². The van der Waals surface area contributed by atoms with Crippen molar-refractivity contribution in [2.24, 2.45) is 5.92 Å². The molecule has 0 aliphatic carbocycles. The van der Waals surface area contributed by atoms with Gasteiger partial charge in [0.25, 0.3) is 0 Å². The summed E-state index contributed by atoms with van der Waals surface area (Å²) in [5, 5.41) is 23.4. The number of nitrogens with zero attached hydrogens (tertiary/aromatic N) is 5. The lowest BCUT2D eigenvalue weighted by Gasteiger charge is -2.29. The smallest absolute Gasteiger partial charge is 0.407 e. The topological polar surface area (TPSA) is 116 Å². The highest BCUT2D eigenvalue weighted by Crippen LogP contribution is 2.33.